The van der Waals surface area contributed by atoms with Gasteiger partial charge in [-0.3, -0.25) is 0 Å². The van der Waals surface area contributed by atoms with Crippen molar-refractivity contribution in [3.05, 3.63) is 218 Å². The van der Waals surface area contributed by atoms with E-state index in [0.717, 1.165) is 61.2 Å². The van der Waals surface area contributed by atoms with Gasteiger partial charge < -0.3 is 19.2 Å². The van der Waals surface area contributed by atoms with Gasteiger partial charge in [-0.05, 0) is 99.6 Å². The van der Waals surface area contributed by atoms with Gasteiger partial charge in [0, 0.05) is 27.2 Å². The summed E-state index contributed by atoms with van der Waals surface area (Å²) in [6, 6.07) is 76.1. The molecular weight excluding hydrogens is 719 g/mol. The zero-order valence-corrected chi connectivity index (χ0v) is 32.1. The molecule has 1 aliphatic rings. The van der Waals surface area contributed by atoms with Gasteiger partial charge in [0.15, 0.2) is 5.58 Å². The number of para-hydroxylation sites is 4. The highest BCUT2D eigenvalue weighted by atomic mass is 16.3. The Bertz CT molecular complexity index is 3250. The molecule has 0 saturated heterocycles. The summed E-state index contributed by atoms with van der Waals surface area (Å²) in [6.45, 7) is 0. The van der Waals surface area contributed by atoms with Gasteiger partial charge in [0.2, 0.25) is 0 Å². The van der Waals surface area contributed by atoms with Crippen LogP contribution >= 0.6 is 0 Å². The summed E-state index contributed by atoms with van der Waals surface area (Å²) in [4.78, 5) is 2.38. The molecule has 278 valence electrons. The summed E-state index contributed by atoms with van der Waals surface area (Å²) in [5.74, 6) is 0. The highest BCUT2D eigenvalue weighted by molar-refractivity contribution is 6.16. The fraction of sp³-hybridized carbons (Fsp3) is 0.0182. The summed E-state index contributed by atoms with van der Waals surface area (Å²) in [7, 11) is 0. The van der Waals surface area contributed by atoms with Crippen LogP contribution in [0.25, 0.3) is 82.8 Å². The van der Waals surface area contributed by atoms with Gasteiger partial charge in [0.05, 0.1) is 28.1 Å². The van der Waals surface area contributed by atoms with Crippen LogP contribution in [0, 0.1) is 0 Å². The fourth-order valence-corrected chi connectivity index (χ4v) is 9.26. The van der Waals surface area contributed by atoms with Crippen molar-refractivity contribution in [2.24, 2.45) is 0 Å². The second kappa shape index (κ2) is 13.4. The van der Waals surface area contributed by atoms with E-state index in [-0.39, 0.29) is 6.17 Å². The summed E-state index contributed by atoms with van der Waals surface area (Å²) < 4.78 is 9.31. The van der Waals surface area contributed by atoms with E-state index in [1.54, 1.807) is 0 Å². The van der Waals surface area contributed by atoms with Crippen LogP contribution in [0.2, 0.25) is 0 Å². The molecular formula is C55H37N3O. The lowest BCUT2D eigenvalue weighted by atomic mass is 9.97. The standard InChI is InChI=1S/C55H37N3O/c1-4-14-36(15-5-1)40-30-32-48-45(34-40)46-35-41(37-16-6-2-7-17-37)31-33-49(46)58(48)51-24-12-21-44-53-43(20-13-25-52(53)59-54(44)51)38-26-28-39(29-27-38)55-56-47-22-10-11-23-50(47)57(55)42-18-8-3-9-19-42/h1-35,55-56H. The molecule has 0 radical (unpaired) electrons. The molecule has 4 nitrogen and oxygen atoms in total. The summed E-state index contributed by atoms with van der Waals surface area (Å²) >= 11 is 0. The van der Waals surface area contributed by atoms with E-state index in [0.29, 0.717) is 0 Å². The zero-order chi connectivity index (χ0) is 38.9. The van der Waals surface area contributed by atoms with Crippen molar-refractivity contribution in [3.63, 3.8) is 0 Å². The molecule has 1 N–H and O–H groups in total. The molecule has 0 fully saturated rings. The van der Waals surface area contributed by atoms with E-state index in [4.69, 9.17) is 4.42 Å². The van der Waals surface area contributed by atoms with E-state index in [1.807, 2.05) is 0 Å². The number of furan rings is 1. The van der Waals surface area contributed by atoms with E-state index in [9.17, 15) is 0 Å². The van der Waals surface area contributed by atoms with Crippen molar-refractivity contribution in [1.29, 1.82) is 0 Å². The molecule has 3 heterocycles. The van der Waals surface area contributed by atoms with Crippen molar-refractivity contribution in [3.8, 4) is 39.1 Å². The maximum atomic E-state index is 6.92. The van der Waals surface area contributed by atoms with Crippen molar-refractivity contribution < 1.29 is 4.42 Å². The Morgan fingerprint density at radius 1 is 0.424 bits per heavy atom. The van der Waals surface area contributed by atoms with Gasteiger partial charge in [-0.15, -0.1) is 0 Å². The van der Waals surface area contributed by atoms with Crippen LogP contribution in [0.1, 0.15) is 11.7 Å². The third-order valence-corrected chi connectivity index (χ3v) is 12.0. The van der Waals surface area contributed by atoms with E-state index in [2.05, 4.69) is 227 Å². The first-order chi connectivity index (χ1) is 29.3. The molecule has 9 aromatic carbocycles. The highest BCUT2D eigenvalue weighted by Crippen LogP contribution is 2.47. The number of fused-ring (bicyclic) bond motifs is 7. The molecule has 0 spiro atoms. The van der Waals surface area contributed by atoms with Crippen LogP contribution in [0.4, 0.5) is 17.1 Å². The summed E-state index contributed by atoms with van der Waals surface area (Å²) in [5.41, 5.74) is 16.8. The average Bonchev–Trinajstić information content (AvgIpc) is 4.00. The quantitative estimate of drug-likeness (QED) is 0.183. The molecule has 4 heteroatoms. The van der Waals surface area contributed by atoms with Gasteiger partial charge in [-0.1, -0.05) is 152 Å². The second-order valence-corrected chi connectivity index (χ2v) is 15.4. The van der Waals surface area contributed by atoms with Crippen molar-refractivity contribution in [2.45, 2.75) is 6.17 Å². The van der Waals surface area contributed by atoms with Crippen LogP contribution in [0.3, 0.4) is 0 Å². The highest BCUT2D eigenvalue weighted by Gasteiger charge is 2.31. The molecule has 1 atom stereocenters. The molecule has 12 rings (SSSR count). The number of hydrogen-bond donors (Lipinski definition) is 1. The van der Waals surface area contributed by atoms with Crippen molar-refractivity contribution in [1.82, 2.24) is 4.57 Å². The second-order valence-electron chi connectivity index (χ2n) is 15.4. The molecule has 2 aromatic heterocycles. The number of nitrogens with one attached hydrogen (secondary N) is 1. The van der Waals surface area contributed by atoms with Gasteiger partial charge in [0.25, 0.3) is 0 Å². The maximum Gasteiger partial charge on any atom is 0.159 e. The van der Waals surface area contributed by atoms with Crippen LogP contribution < -0.4 is 10.2 Å². The first-order valence-corrected chi connectivity index (χ1v) is 20.2. The Labute approximate surface area is 341 Å². The Balaban J connectivity index is 0.995. The number of rotatable bonds is 6. The first-order valence-electron chi connectivity index (χ1n) is 20.2. The predicted molar refractivity (Wildman–Crippen MR) is 246 cm³/mol. The molecule has 0 saturated carbocycles. The van der Waals surface area contributed by atoms with E-state index in [1.165, 1.54) is 44.3 Å². The Morgan fingerprint density at radius 3 is 1.68 bits per heavy atom. The molecule has 1 aliphatic heterocycles. The van der Waals surface area contributed by atoms with Crippen molar-refractivity contribution in [2.75, 3.05) is 10.2 Å². The van der Waals surface area contributed by atoms with Crippen LogP contribution in [0.5, 0.6) is 0 Å². The Kier molecular flexibility index (Phi) is 7.57. The minimum Gasteiger partial charge on any atom is -0.454 e. The normalized spacial score (nSPS) is 13.7. The number of hydrogen-bond acceptors (Lipinski definition) is 3. The van der Waals surface area contributed by atoms with Gasteiger partial charge in [0.1, 0.15) is 11.7 Å². The monoisotopic (exact) mass is 755 g/mol. The smallest absolute Gasteiger partial charge is 0.159 e. The van der Waals surface area contributed by atoms with Crippen LogP contribution in [-0.2, 0) is 0 Å². The lowest BCUT2D eigenvalue weighted by Gasteiger charge is -2.27. The lowest BCUT2D eigenvalue weighted by Crippen LogP contribution is -2.23. The molecule has 0 amide bonds. The third-order valence-electron chi connectivity index (χ3n) is 12.0. The third kappa shape index (κ3) is 5.38. The molecule has 59 heavy (non-hydrogen) atoms. The minimum atomic E-state index is -0.0317. The number of aromatic nitrogens is 1. The molecule has 1 unspecified atom stereocenters. The van der Waals surface area contributed by atoms with Crippen molar-refractivity contribution >= 4 is 60.8 Å². The Hall–Kier alpha value is -7.82. The zero-order valence-electron chi connectivity index (χ0n) is 32.1. The fourth-order valence-electron chi connectivity index (χ4n) is 9.26. The Morgan fingerprint density at radius 2 is 1.00 bits per heavy atom. The molecule has 0 aliphatic carbocycles. The van der Waals surface area contributed by atoms with Gasteiger partial charge >= 0.3 is 0 Å². The van der Waals surface area contributed by atoms with Crippen LogP contribution in [0.15, 0.2) is 217 Å². The predicted octanol–water partition coefficient (Wildman–Crippen LogP) is 14.9. The number of benzene rings is 9. The number of nitrogens with zero attached hydrogens (tertiary/aromatic N) is 2. The molecule has 0 bridgehead atoms. The van der Waals surface area contributed by atoms with Gasteiger partial charge in [-0.2, -0.15) is 0 Å². The van der Waals surface area contributed by atoms with E-state index >= 15 is 0 Å². The SMILES string of the molecule is c1ccc(-c2ccc3c(c2)c2cc(-c4ccccc4)ccc2n3-c2cccc3c2oc2cccc(-c4ccc(C5Nc6ccccc6N5c5ccccc5)cc4)c23)cc1. The average molecular weight is 756 g/mol. The lowest BCUT2D eigenvalue weighted by molar-refractivity contribution is 0.666. The number of anilines is 3. The summed E-state index contributed by atoms with van der Waals surface area (Å²) in [6.07, 6.45) is -0.0317. The minimum absolute atomic E-state index is 0.0317. The first kappa shape index (κ1) is 33.3. The molecule has 11 aromatic rings. The van der Waals surface area contributed by atoms with E-state index < -0.39 is 0 Å². The topological polar surface area (TPSA) is 33.3 Å². The van der Waals surface area contributed by atoms with Crippen LogP contribution in [-0.4, -0.2) is 4.57 Å². The largest absolute Gasteiger partial charge is 0.454 e. The summed E-state index contributed by atoms with van der Waals surface area (Å²) in [5, 5.41) is 8.41. The maximum absolute atomic E-state index is 6.92. The van der Waals surface area contributed by atoms with Gasteiger partial charge in [-0.25, -0.2) is 0 Å².